The second-order valence-electron chi connectivity index (χ2n) is 6.65. The predicted molar refractivity (Wildman–Crippen MR) is 103 cm³/mol. The fourth-order valence-corrected chi connectivity index (χ4v) is 2.92. The molecule has 1 fully saturated rings. The Morgan fingerprint density at radius 3 is 1.87 bits per heavy atom. The van der Waals surface area contributed by atoms with Gasteiger partial charge in [-0.05, 0) is 24.3 Å². The Labute approximate surface area is 177 Å². The number of hydrogen-bond donors (Lipinski definition) is 1. The summed E-state index contributed by atoms with van der Waals surface area (Å²) in [7, 11) is 0. The summed E-state index contributed by atoms with van der Waals surface area (Å²) in [6, 6.07) is 5.87. The molecule has 0 aliphatic carbocycles. The maximum absolute atomic E-state index is 11.8. The normalized spacial score (nSPS) is 22.6. The summed E-state index contributed by atoms with van der Waals surface area (Å²) in [6.07, 6.45) is -4.19. The third-order valence-corrected chi connectivity index (χ3v) is 4.02. The van der Waals surface area contributed by atoms with Gasteiger partial charge in [0.25, 0.3) is 0 Å². The van der Waals surface area contributed by atoms with Crippen LogP contribution in [0.4, 0.5) is 5.69 Å². The van der Waals surface area contributed by atoms with E-state index in [1.807, 2.05) is 0 Å². The standard InChI is InChI=1S/C20H23NO10/c1-10(22)28-16-9-27-19(18(30-12(3)24)17(16)29-11(2)23)21-15-7-5-14(6-8-15)20(26)31-13(4)25/h5-8,16-19,21H,9H2,1-4H3/t16-,17-,18-,19+/m1/s1. The Bertz CT molecular complexity index is 850. The zero-order valence-electron chi connectivity index (χ0n) is 17.4. The highest BCUT2D eigenvalue weighted by molar-refractivity contribution is 5.96. The molecule has 0 unspecified atom stereocenters. The van der Waals surface area contributed by atoms with E-state index >= 15 is 0 Å². The lowest BCUT2D eigenvalue weighted by Gasteiger charge is -2.40. The van der Waals surface area contributed by atoms with Crippen molar-refractivity contribution in [2.75, 3.05) is 11.9 Å². The molecule has 168 valence electrons. The Hall–Kier alpha value is -3.47. The smallest absolute Gasteiger partial charge is 0.345 e. The molecule has 11 heteroatoms. The molecule has 0 amide bonds. The zero-order valence-corrected chi connectivity index (χ0v) is 17.4. The third-order valence-electron chi connectivity index (χ3n) is 4.02. The summed E-state index contributed by atoms with van der Waals surface area (Å²) in [4.78, 5) is 57.3. The molecule has 0 spiro atoms. The van der Waals surface area contributed by atoms with Crippen LogP contribution in [0.25, 0.3) is 0 Å². The van der Waals surface area contributed by atoms with E-state index in [1.165, 1.54) is 45.0 Å². The second kappa shape index (κ2) is 10.5. The molecule has 1 aliphatic rings. The molecule has 1 N–H and O–H groups in total. The van der Waals surface area contributed by atoms with Crippen molar-refractivity contribution in [3.05, 3.63) is 29.8 Å². The molecule has 0 saturated carbocycles. The van der Waals surface area contributed by atoms with Crippen LogP contribution in [0.2, 0.25) is 0 Å². The van der Waals surface area contributed by atoms with E-state index in [1.54, 1.807) is 0 Å². The molecule has 4 atom stereocenters. The first-order chi connectivity index (χ1) is 14.6. The molecule has 1 heterocycles. The van der Waals surface area contributed by atoms with E-state index < -0.39 is 54.4 Å². The highest BCUT2D eigenvalue weighted by Gasteiger charge is 2.47. The van der Waals surface area contributed by atoms with E-state index in [0.717, 1.165) is 6.92 Å². The molecular formula is C20H23NO10. The van der Waals surface area contributed by atoms with Crippen molar-refractivity contribution in [1.82, 2.24) is 0 Å². The Kier molecular flexibility index (Phi) is 8.08. The largest absolute Gasteiger partial charge is 0.456 e. The van der Waals surface area contributed by atoms with Gasteiger partial charge < -0.3 is 29.0 Å². The van der Waals surface area contributed by atoms with Crippen molar-refractivity contribution in [1.29, 1.82) is 0 Å². The van der Waals surface area contributed by atoms with Crippen LogP contribution < -0.4 is 5.32 Å². The van der Waals surface area contributed by atoms with Gasteiger partial charge in [-0.1, -0.05) is 0 Å². The molecule has 1 aromatic rings. The van der Waals surface area contributed by atoms with E-state index in [-0.39, 0.29) is 12.2 Å². The number of ether oxygens (including phenoxy) is 5. The maximum atomic E-state index is 11.8. The van der Waals surface area contributed by atoms with Crippen LogP contribution in [-0.4, -0.2) is 61.0 Å². The van der Waals surface area contributed by atoms with Gasteiger partial charge >= 0.3 is 29.8 Å². The summed E-state index contributed by atoms with van der Waals surface area (Å²) >= 11 is 0. The molecular weight excluding hydrogens is 414 g/mol. The first-order valence-electron chi connectivity index (χ1n) is 9.29. The van der Waals surface area contributed by atoms with Crippen molar-refractivity contribution in [3.63, 3.8) is 0 Å². The minimum atomic E-state index is -1.14. The number of hydrogen-bond acceptors (Lipinski definition) is 11. The van der Waals surface area contributed by atoms with Crippen LogP contribution in [0.3, 0.4) is 0 Å². The van der Waals surface area contributed by atoms with E-state index in [4.69, 9.17) is 18.9 Å². The fourth-order valence-electron chi connectivity index (χ4n) is 2.92. The molecule has 1 aliphatic heterocycles. The number of esters is 5. The van der Waals surface area contributed by atoms with Crippen molar-refractivity contribution in [2.45, 2.75) is 52.2 Å². The molecule has 11 nitrogen and oxygen atoms in total. The van der Waals surface area contributed by atoms with Gasteiger partial charge in [0.2, 0.25) is 0 Å². The minimum absolute atomic E-state index is 0.129. The second-order valence-corrected chi connectivity index (χ2v) is 6.65. The number of anilines is 1. The average molecular weight is 437 g/mol. The van der Waals surface area contributed by atoms with Crippen molar-refractivity contribution in [2.24, 2.45) is 0 Å². The Balaban J connectivity index is 2.22. The number of rotatable bonds is 6. The monoisotopic (exact) mass is 437 g/mol. The zero-order chi connectivity index (χ0) is 23.1. The molecule has 1 saturated heterocycles. The SMILES string of the molecule is CC(=O)OC(=O)c1ccc(N[C@H]2OC[C@@H](OC(C)=O)[C@@H](OC(C)=O)[C@H]2OC(C)=O)cc1. The van der Waals surface area contributed by atoms with Crippen LogP contribution in [0.1, 0.15) is 38.1 Å². The Morgan fingerprint density at radius 2 is 1.35 bits per heavy atom. The van der Waals surface area contributed by atoms with Crippen LogP contribution in [0.5, 0.6) is 0 Å². The minimum Gasteiger partial charge on any atom is -0.456 e. The van der Waals surface area contributed by atoms with Gasteiger partial charge in [0.05, 0.1) is 12.2 Å². The van der Waals surface area contributed by atoms with Gasteiger partial charge in [-0.2, -0.15) is 0 Å². The van der Waals surface area contributed by atoms with Gasteiger partial charge in [-0.3, -0.25) is 19.2 Å². The highest BCUT2D eigenvalue weighted by Crippen LogP contribution is 2.26. The van der Waals surface area contributed by atoms with Gasteiger partial charge in [0.15, 0.2) is 24.5 Å². The molecule has 1 aromatic carbocycles. The van der Waals surface area contributed by atoms with Crippen molar-refractivity contribution < 1.29 is 47.7 Å². The van der Waals surface area contributed by atoms with Crippen LogP contribution in [-0.2, 0) is 42.9 Å². The van der Waals surface area contributed by atoms with Gasteiger partial charge in [-0.25, -0.2) is 4.79 Å². The molecule has 2 rings (SSSR count). The molecule has 0 aromatic heterocycles. The predicted octanol–water partition coefficient (Wildman–Crippen LogP) is 0.953. The third kappa shape index (κ3) is 7.07. The van der Waals surface area contributed by atoms with E-state index in [9.17, 15) is 24.0 Å². The number of benzene rings is 1. The molecule has 0 radical (unpaired) electrons. The summed E-state index contributed by atoms with van der Waals surface area (Å²) in [5, 5.41) is 2.97. The van der Waals surface area contributed by atoms with E-state index in [0.29, 0.717) is 5.69 Å². The van der Waals surface area contributed by atoms with E-state index in [2.05, 4.69) is 10.1 Å². The van der Waals surface area contributed by atoms with Crippen molar-refractivity contribution in [3.8, 4) is 0 Å². The lowest BCUT2D eigenvalue weighted by molar-refractivity contribution is -0.221. The van der Waals surface area contributed by atoms with Gasteiger partial charge in [0, 0.05) is 33.4 Å². The van der Waals surface area contributed by atoms with Crippen LogP contribution in [0.15, 0.2) is 24.3 Å². The summed E-state index contributed by atoms with van der Waals surface area (Å²) in [5.74, 6) is -3.47. The number of carbonyl (C=O) groups excluding carboxylic acids is 5. The summed E-state index contributed by atoms with van der Waals surface area (Å²) < 4.78 is 25.9. The number of nitrogens with one attached hydrogen (secondary N) is 1. The lowest BCUT2D eigenvalue weighted by Crippen LogP contribution is -2.59. The first kappa shape index (κ1) is 23.8. The average Bonchev–Trinajstić information content (AvgIpc) is 2.65. The maximum Gasteiger partial charge on any atom is 0.345 e. The molecule has 31 heavy (non-hydrogen) atoms. The lowest BCUT2D eigenvalue weighted by atomic mass is 10.0. The fraction of sp³-hybridized carbons (Fsp3) is 0.450. The topological polar surface area (TPSA) is 144 Å². The van der Waals surface area contributed by atoms with Crippen LogP contribution >= 0.6 is 0 Å². The first-order valence-corrected chi connectivity index (χ1v) is 9.29. The van der Waals surface area contributed by atoms with Crippen LogP contribution in [0, 0.1) is 0 Å². The van der Waals surface area contributed by atoms with Gasteiger partial charge in [0.1, 0.15) is 0 Å². The summed E-state index contributed by atoms with van der Waals surface area (Å²) in [6.45, 7) is 4.52. The summed E-state index contributed by atoms with van der Waals surface area (Å²) in [5.41, 5.74) is 0.614. The molecule has 0 bridgehead atoms. The number of carbonyl (C=O) groups is 5. The highest BCUT2D eigenvalue weighted by atomic mass is 16.6. The quantitative estimate of drug-likeness (QED) is 0.386. The Morgan fingerprint density at radius 1 is 0.806 bits per heavy atom. The van der Waals surface area contributed by atoms with Crippen molar-refractivity contribution >= 4 is 35.5 Å². The van der Waals surface area contributed by atoms with Gasteiger partial charge in [-0.15, -0.1) is 0 Å².